The third-order valence-electron chi connectivity index (χ3n) is 2.86. The maximum absolute atomic E-state index is 11.3. The number of rotatable bonds is 5. The molecule has 0 saturated heterocycles. The van der Waals surface area contributed by atoms with Crippen molar-refractivity contribution in [3.8, 4) is 0 Å². The molecule has 1 aliphatic rings. The van der Waals surface area contributed by atoms with Crippen molar-refractivity contribution in [2.75, 3.05) is 7.11 Å². The smallest absolute Gasteiger partial charge is 0.322 e. The first-order valence-electron chi connectivity index (χ1n) is 4.82. The molecule has 0 aliphatic heterocycles. The van der Waals surface area contributed by atoms with Gasteiger partial charge in [0.05, 0.1) is 7.11 Å². The van der Waals surface area contributed by atoms with Crippen LogP contribution in [0.15, 0.2) is 0 Å². The first kappa shape index (κ1) is 11.0. The fraction of sp³-hybridized carbons (Fsp3) is 0.800. The third kappa shape index (κ3) is 2.25. The topological polar surface area (TPSA) is 63.6 Å². The van der Waals surface area contributed by atoms with E-state index >= 15 is 0 Å². The molecular weight excluding hydrogens is 184 g/mol. The van der Waals surface area contributed by atoms with Crippen LogP contribution in [0.5, 0.6) is 0 Å². The van der Waals surface area contributed by atoms with E-state index in [9.17, 15) is 9.59 Å². The third-order valence-corrected chi connectivity index (χ3v) is 2.86. The lowest BCUT2D eigenvalue weighted by Gasteiger charge is -2.21. The fourth-order valence-corrected chi connectivity index (χ4v) is 1.42. The van der Waals surface area contributed by atoms with Crippen molar-refractivity contribution in [3.05, 3.63) is 0 Å². The molecule has 1 atom stereocenters. The number of ether oxygens (including phenoxy) is 1. The zero-order chi connectivity index (χ0) is 10.8. The van der Waals surface area contributed by atoms with Crippen LogP contribution in [0.4, 0.5) is 0 Å². The highest BCUT2D eigenvalue weighted by molar-refractivity contribution is 5.98. The SMILES string of the molecule is COC(=O)C(C)(CCC1CC1)C(=O)O. The quantitative estimate of drug-likeness (QED) is 0.538. The lowest BCUT2D eigenvalue weighted by atomic mass is 9.84. The molecule has 4 heteroatoms. The normalized spacial score (nSPS) is 19.9. The second kappa shape index (κ2) is 3.98. The first-order valence-corrected chi connectivity index (χ1v) is 4.82. The number of aliphatic carboxylic acids is 1. The van der Waals surface area contributed by atoms with Crippen LogP contribution in [0.1, 0.15) is 32.6 Å². The van der Waals surface area contributed by atoms with Crippen LogP contribution in [0.2, 0.25) is 0 Å². The Hall–Kier alpha value is -1.06. The van der Waals surface area contributed by atoms with Gasteiger partial charge in [-0.05, 0) is 25.7 Å². The summed E-state index contributed by atoms with van der Waals surface area (Å²) >= 11 is 0. The van der Waals surface area contributed by atoms with Gasteiger partial charge in [0.2, 0.25) is 0 Å². The van der Waals surface area contributed by atoms with Gasteiger partial charge < -0.3 is 9.84 Å². The number of hydrogen-bond acceptors (Lipinski definition) is 3. The minimum Gasteiger partial charge on any atom is -0.480 e. The number of esters is 1. The monoisotopic (exact) mass is 200 g/mol. The summed E-state index contributed by atoms with van der Waals surface area (Å²) in [4.78, 5) is 22.3. The standard InChI is InChI=1S/C10H16O4/c1-10(8(11)12,9(13)14-2)6-5-7-3-4-7/h7H,3-6H2,1-2H3,(H,11,12). The Morgan fingerprint density at radius 1 is 1.50 bits per heavy atom. The average Bonchev–Trinajstić information content (AvgIpc) is 2.95. The predicted octanol–water partition coefficient (Wildman–Crippen LogP) is 1.44. The van der Waals surface area contributed by atoms with Gasteiger partial charge in [-0.1, -0.05) is 12.8 Å². The van der Waals surface area contributed by atoms with E-state index in [1.807, 2.05) is 0 Å². The van der Waals surface area contributed by atoms with E-state index in [-0.39, 0.29) is 0 Å². The molecule has 4 nitrogen and oxygen atoms in total. The first-order chi connectivity index (χ1) is 6.50. The van der Waals surface area contributed by atoms with E-state index in [0.29, 0.717) is 12.3 Å². The number of carboxylic acids is 1. The van der Waals surface area contributed by atoms with Gasteiger partial charge in [0.25, 0.3) is 0 Å². The second-order valence-corrected chi connectivity index (χ2v) is 4.11. The maximum atomic E-state index is 11.3. The van der Waals surface area contributed by atoms with Gasteiger partial charge in [0, 0.05) is 0 Å². The Balaban J connectivity index is 2.58. The van der Waals surface area contributed by atoms with E-state index in [1.54, 1.807) is 0 Å². The Kier molecular flexibility index (Phi) is 3.13. The van der Waals surface area contributed by atoms with E-state index in [0.717, 1.165) is 19.3 Å². The molecule has 1 N–H and O–H groups in total. The summed E-state index contributed by atoms with van der Waals surface area (Å²) < 4.78 is 4.51. The lowest BCUT2D eigenvalue weighted by molar-refractivity contribution is -0.166. The van der Waals surface area contributed by atoms with Crippen molar-refractivity contribution in [1.82, 2.24) is 0 Å². The van der Waals surface area contributed by atoms with E-state index in [1.165, 1.54) is 14.0 Å². The Labute approximate surface area is 83.2 Å². The molecule has 14 heavy (non-hydrogen) atoms. The minimum absolute atomic E-state index is 0.375. The molecule has 0 aromatic carbocycles. The molecule has 1 unspecified atom stereocenters. The molecule has 80 valence electrons. The highest BCUT2D eigenvalue weighted by atomic mass is 16.5. The molecule has 1 fully saturated rings. The summed E-state index contributed by atoms with van der Waals surface area (Å²) in [6.45, 7) is 1.43. The zero-order valence-corrected chi connectivity index (χ0v) is 8.58. The van der Waals surface area contributed by atoms with Gasteiger partial charge in [0.15, 0.2) is 5.41 Å². The Bertz CT molecular complexity index is 245. The summed E-state index contributed by atoms with van der Waals surface area (Å²) in [6, 6.07) is 0. The fourth-order valence-electron chi connectivity index (χ4n) is 1.42. The summed E-state index contributed by atoms with van der Waals surface area (Å²) in [5.74, 6) is -1.12. The molecule has 0 spiro atoms. The van der Waals surface area contributed by atoms with Gasteiger partial charge >= 0.3 is 11.9 Å². The summed E-state index contributed by atoms with van der Waals surface area (Å²) in [5.41, 5.74) is -1.36. The van der Waals surface area contributed by atoms with Crippen molar-refractivity contribution in [1.29, 1.82) is 0 Å². The van der Waals surface area contributed by atoms with Gasteiger partial charge in [-0.25, -0.2) is 0 Å². The van der Waals surface area contributed by atoms with Crippen LogP contribution < -0.4 is 0 Å². The van der Waals surface area contributed by atoms with Gasteiger partial charge in [-0.3, -0.25) is 9.59 Å². The molecular formula is C10H16O4. The Morgan fingerprint density at radius 3 is 2.43 bits per heavy atom. The average molecular weight is 200 g/mol. The van der Waals surface area contributed by atoms with Crippen molar-refractivity contribution < 1.29 is 19.4 Å². The largest absolute Gasteiger partial charge is 0.480 e. The van der Waals surface area contributed by atoms with Gasteiger partial charge in [0.1, 0.15) is 0 Å². The van der Waals surface area contributed by atoms with Crippen LogP contribution in [0.3, 0.4) is 0 Å². The van der Waals surface area contributed by atoms with E-state index in [4.69, 9.17) is 5.11 Å². The number of carboxylic acid groups (broad SMARTS) is 1. The molecule has 0 bridgehead atoms. The molecule has 1 saturated carbocycles. The van der Waals surface area contributed by atoms with Crippen LogP contribution in [-0.2, 0) is 14.3 Å². The van der Waals surface area contributed by atoms with Crippen LogP contribution in [0.25, 0.3) is 0 Å². The number of methoxy groups -OCH3 is 1. The number of hydrogen-bond donors (Lipinski definition) is 1. The second-order valence-electron chi connectivity index (χ2n) is 4.11. The van der Waals surface area contributed by atoms with Crippen LogP contribution >= 0.6 is 0 Å². The highest BCUT2D eigenvalue weighted by Crippen LogP contribution is 2.38. The minimum atomic E-state index is -1.36. The summed E-state index contributed by atoms with van der Waals surface area (Å²) in [7, 11) is 1.22. The van der Waals surface area contributed by atoms with Crippen molar-refractivity contribution >= 4 is 11.9 Å². The van der Waals surface area contributed by atoms with Crippen LogP contribution in [0, 0.1) is 11.3 Å². The van der Waals surface area contributed by atoms with E-state index in [2.05, 4.69) is 4.74 Å². The molecule has 0 radical (unpaired) electrons. The Morgan fingerprint density at radius 2 is 2.07 bits per heavy atom. The summed E-state index contributed by atoms with van der Waals surface area (Å²) in [6.07, 6.45) is 3.51. The van der Waals surface area contributed by atoms with Crippen molar-refractivity contribution in [2.24, 2.45) is 11.3 Å². The van der Waals surface area contributed by atoms with Crippen molar-refractivity contribution in [3.63, 3.8) is 0 Å². The van der Waals surface area contributed by atoms with Gasteiger partial charge in [-0.2, -0.15) is 0 Å². The summed E-state index contributed by atoms with van der Waals surface area (Å²) in [5, 5.41) is 8.97. The highest BCUT2D eigenvalue weighted by Gasteiger charge is 2.43. The molecule has 0 aromatic heterocycles. The maximum Gasteiger partial charge on any atom is 0.322 e. The lowest BCUT2D eigenvalue weighted by Crippen LogP contribution is -2.37. The molecule has 1 aliphatic carbocycles. The predicted molar refractivity (Wildman–Crippen MR) is 49.7 cm³/mol. The molecule has 1 rings (SSSR count). The molecule has 0 heterocycles. The van der Waals surface area contributed by atoms with Crippen molar-refractivity contribution in [2.45, 2.75) is 32.6 Å². The number of carbonyl (C=O) groups excluding carboxylic acids is 1. The molecule has 0 amide bonds. The number of carbonyl (C=O) groups is 2. The van der Waals surface area contributed by atoms with E-state index < -0.39 is 17.4 Å². The van der Waals surface area contributed by atoms with Crippen LogP contribution in [-0.4, -0.2) is 24.2 Å². The zero-order valence-electron chi connectivity index (χ0n) is 8.58. The molecule has 0 aromatic rings. The van der Waals surface area contributed by atoms with Gasteiger partial charge in [-0.15, -0.1) is 0 Å².